The number of alkyl halides is 3. The maximum absolute atomic E-state index is 13.0. The molecular formula is C26H26F3N3O2S. The van der Waals surface area contributed by atoms with Gasteiger partial charge in [-0.15, -0.1) is 24.9 Å². The van der Waals surface area contributed by atoms with Gasteiger partial charge < -0.3 is 15.0 Å². The van der Waals surface area contributed by atoms with E-state index in [9.17, 15) is 18.0 Å². The molecule has 0 saturated carbocycles. The minimum Gasteiger partial charge on any atom is -0.406 e. The number of rotatable bonds is 7. The Hall–Kier alpha value is -3.20. The van der Waals surface area contributed by atoms with E-state index < -0.39 is 6.36 Å². The molecule has 1 aliphatic heterocycles. The Morgan fingerprint density at radius 1 is 1.06 bits per heavy atom. The first-order chi connectivity index (χ1) is 16.8. The van der Waals surface area contributed by atoms with Gasteiger partial charge in [0, 0.05) is 36.0 Å². The molecule has 0 radical (unpaired) electrons. The Bertz CT molecular complexity index is 1130. The van der Waals surface area contributed by atoms with Gasteiger partial charge in [-0.2, -0.15) is 0 Å². The van der Waals surface area contributed by atoms with Gasteiger partial charge in [0.15, 0.2) is 0 Å². The molecule has 2 amide bonds. The molecule has 0 bridgehead atoms. The number of urea groups is 1. The van der Waals surface area contributed by atoms with E-state index in [0.29, 0.717) is 25.2 Å². The van der Waals surface area contributed by atoms with Crippen molar-refractivity contribution in [2.45, 2.75) is 36.6 Å². The second-order valence-electron chi connectivity index (χ2n) is 8.23. The molecule has 2 unspecified atom stereocenters. The van der Waals surface area contributed by atoms with Gasteiger partial charge in [-0.1, -0.05) is 49.4 Å². The standard InChI is InChI=1S/C26H26F3N3O2S/c1-2-35-22-12-11-20(30-15-22)14-31-25(33)32-16-23(18-7-4-3-5-8-18)24(17-32)19-9-6-10-21(13-19)34-26(27,28)29/h3-13,15,23-24H,2,14,16-17H2,1H3,(H,31,33). The zero-order chi connectivity index (χ0) is 24.8. The predicted octanol–water partition coefficient (Wildman–Crippen LogP) is 6.19. The van der Waals surface area contributed by atoms with Crippen LogP contribution < -0.4 is 10.1 Å². The first-order valence-corrected chi connectivity index (χ1v) is 12.3. The molecule has 1 N–H and O–H groups in total. The minimum atomic E-state index is -4.76. The summed E-state index contributed by atoms with van der Waals surface area (Å²) >= 11 is 1.70. The summed E-state index contributed by atoms with van der Waals surface area (Å²) in [6.45, 7) is 3.19. The number of thioether (sulfide) groups is 1. The summed E-state index contributed by atoms with van der Waals surface area (Å²) < 4.78 is 42.4. The Morgan fingerprint density at radius 3 is 2.43 bits per heavy atom. The Kier molecular flexibility index (Phi) is 7.85. The average Bonchev–Trinajstić information content (AvgIpc) is 3.29. The molecule has 2 atom stereocenters. The average molecular weight is 502 g/mol. The molecule has 9 heteroatoms. The number of hydrogen-bond acceptors (Lipinski definition) is 4. The fourth-order valence-corrected chi connectivity index (χ4v) is 4.96. The molecule has 2 aromatic carbocycles. The lowest BCUT2D eigenvalue weighted by Crippen LogP contribution is -2.38. The van der Waals surface area contributed by atoms with Crippen LogP contribution in [0.1, 0.15) is 35.6 Å². The number of carbonyl (C=O) groups is 1. The molecule has 1 aliphatic rings. The number of ether oxygens (including phenoxy) is 1. The lowest BCUT2D eigenvalue weighted by Gasteiger charge is -2.20. The van der Waals surface area contributed by atoms with Crippen LogP contribution in [-0.2, 0) is 6.54 Å². The zero-order valence-electron chi connectivity index (χ0n) is 19.2. The van der Waals surface area contributed by atoms with Crippen LogP contribution in [0.15, 0.2) is 77.8 Å². The fraction of sp³-hybridized carbons (Fsp3) is 0.308. The van der Waals surface area contributed by atoms with Crippen LogP contribution in [0.25, 0.3) is 0 Å². The summed E-state index contributed by atoms with van der Waals surface area (Å²) in [7, 11) is 0. The van der Waals surface area contributed by atoms with Gasteiger partial charge in [0.2, 0.25) is 0 Å². The molecule has 2 heterocycles. The van der Waals surface area contributed by atoms with Crippen molar-refractivity contribution in [2.24, 2.45) is 0 Å². The van der Waals surface area contributed by atoms with Crippen molar-refractivity contribution in [1.29, 1.82) is 0 Å². The molecule has 5 nitrogen and oxygen atoms in total. The van der Waals surface area contributed by atoms with Crippen LogP contribution in [0.2, 0.25) is 0 Å². The first-order valence-electron chi connectivity index (χ1n) is 11.3. The largest absolute Gasteiger partial charge is 0.573 e. The number of nitrogens with one attached hydrogen (secondary N) is 1. The normalized spacial score (nSPS) is 17.9. The molecule has 1 aromatic heterocycles. The molecule has 3 aromatic rings. The monoisotopic (exact) mass is 501 g/mol. The van der Waals surface area contributed by atoms with E-state index in [1.165, 1.54) is 12.1 Å². The van der Waals surface area contributed by atoms with Gasteiger partial charge in [0.25, 0.3) is 0 Å². The highest BCUT2D eigenvalue weighted by atomic mass is 32.2. The van der Waals surface area contributed by atoms with Crippen molar-refractivity contribution < 1.29 is 22.7 Å². The number of benzene rings is 2. The van der Waals surface area contributed by atoms with E-state index in [1.807, 2.05) is 42.5 Å². The van der Waals surface area contributed by atoms with Gasteiger partial charge in [-0.3, -0.25) is 4.98 Å². The number of nitrogens with zero attached hydrogens (tertiary/aromatic N) is 2. The predicted molar refractivity (Wildman–Crippen MR) is 129 cm³/mol. The van der Waals surface area contributed by atoms with E-state index in [4.69, 9.17) is 0 Å². The van der Waals surface area contributed by atoms with Crippen molar-refractivity contribution in [1.82, 2.24) is 15.2 Å². The SMILES string of the molecule is CCSc1ccc(CNC(=O)N2CC(c3ccccc3)C(c3cccc(OC(F)(F)F)c3)C2)nc1. The molecule has 1 fully saturated rings. The second kappa shape index (κ2) is 11.0. The van der Waals surface area contributed by atoms with Crippen LogP contribution >= 0.6 is 11.8 Å². The number of carbonyl (C=O) groups excluding carboxylic acids is 1. The van der Waals surface area contributed by atoms with Crippen molar-refractivity contribution in [3.63, 3.8) is 0 Å². The van der Waals surface area contributed by atoms with Crippen molar-refractivity contribution in [2.75, 3.05) is 18.8 Å². The van der Waals surface area contributed by atoms with Gasteiger partial charge in [0.05, 0.1) is 12.2 Å². The van der Waals surface area contributed by atoms with Crippen LogP contribution in [-0.4, -0.2) is 41.1 Å². The molecular weight excluding hydrogens is 475 g/mol. The van der Waals surface area contributed by atoms with Crippen molar-refractivity contribution in [3.05, 3.63) is 89.7 Å². The van der Waals surface area contributed by atoms with Crippen LogP contribution in [0.4, 0.5) is 18.0 Å². The van der Waals surface area contributed by atoms with E-state index >= 15 is 0 Å². The molecule has 4 rings (SSSR count). The topological polar surface area (TPSA) is 54.5 Å². The van der Waals surface area contributed by atoms with Crippen LogP contribution in [0.3, 0.4) is 0 Å². The molecule has 1 saturated heterocycles. The number of amides is 2. The highest BCUT2D eigenvalue weighted by Gasteiger charge is 2.38. The third-order valence-electron chi connectivity index (χ3n) is 5.88. The van der Waals surface area contributed by atoms with E-state index in [1.54, 1.807) is 35.0 Å². The maximum atomic E-state index is 13.0. The first kappa shape index (κ1) is 24.9. The number of aromatic nitrogens is 1. The number of halogens is 3. The van der Waals surface area contributed by atoms with Gasteiger partial charge in [0.1, 0.15) is 5.75 Å². The Balaban J connectivity index is 1.49. The number of likely N-dealkylation sites (tertiary alicyclic amines) is 1. The lowest BCUT2D eigenvalue weighted by molar-refractivity contribution is -0.274. The second-order valence-corrected chi connectivity index (χ2v) is 9.56. The molecule has 184 valence electrons. The minimum absolute atomic E-state index is 0.0634. The summed E-state index contributed by atoms with van der Waals surface area (Å²) in [5.74, 6) is 0.456. The summed E-state index contributed by atoms with van der Waals surface area (Å²) in [5.41, 5.74) is 2.48. The summed E-state index contributed by atoms with van der Waals surface area (Å²) in [6.07, 6.45) is -2.97. The quantitative estimate of drug-likeness (QED) is 0.393. The summed E-state index contributed by atoms with van der Waals surface area (Å²) in [6, 6.07) is 19.4. The van der Waals surface area contributed by atoms with E-state index in [-0.39, 0.29) is 23.6 Å². The highest BCUT2D eigenvalue weighted by molar-refractivity contribution is 7.99. The number of pyridine rings is 1. The Morgan fingerprint density at radius 2 is 1.77 bits per heavy atom. The van der Waals surface area contributed by atoms with Gasteiger partial charge in [-0.25, -0.2) is 4.79 Å². The summed E-state index contributed by atoms with van der Waals surface area (Å²) in [5, 5.41) is 2.92. The van der Waals surface area contributed by atoms with Crippen molar-refractivity contribution in [3.8, 4) is 5.75 Å². The number of hydrogen-bond donors (Lipinski definition) is 1. The smallest absolute Gasteiger partial charge is 0.406 e. The molecule has 0 spiro atoms. The highest BCUT2D eigenvalue weighted by Crippen LogP contribution is 2.41. The van der Waals surface area contributed by atoms with E-state index in [0.717, 1.165) is 21.9 Å². The van der Waals surface area contributed by atoms with E-state index in [2.05, 4.69) is 22.0 Å². The summed E-state index contributed by atoms with van der Waals surface area (Å²) in [4.78, 5) is 20.2. The fourth-order valence-electron chi connectivity index (χ4n) is 4.33. The lowest BCUT2D eigenvalue weighted by atomic mass is 9.84. The van der Waals surface area contributed by atoms with Crippen LogP contribution in [0.5, 0.6) is 5.75 Å². The maximum Gasteiger partial charge on any atom is 0.573 e. The third-order valence-corrected chi connectivity index (χ3v) is 6.75. The zero-order valence-corrected chi connectivity index (χ0v) is 20.0. The Labute approximate surface area is 206 Å². The van der Waals surface area contributed by atoms with Gasteiger partial charge >= 0.3 is 12.4 Å². The molecule has 0 aliphatic carbocycles. The van der Waals surface area contributed by atoms with Crippen molar-refractivity contribution >= 4 is 17.8 Å². The third kappa shape index (κ3) is 6.69. The van der Waals surface area contributed by atoms with Crippen LogP contribution in [0, 0.1) is 0 Å². The van der Waals surface area contributed by atoms with Gasteiger partial charge in [-0.05, 0) is 41.1 Å². The molecule has 35 heavy (non-hydrogen) atoms.